The van der Waals surface area contributed by atoms with E-state index in [4.69, 9.17) is 4.52 Å². The van der Waals surface area contributed by atoms with E-state index < -0.39 is 0 Å². The fourth-order valence-corrected chi connectivity index (χ4v) is 4.07. The number of nitrogens with zero attached hydrogens (tertiary/aromatic N) is 4. The SMILES string of the molecule is CCN(Cc1noc(C2CCC2)n1)C(=O)CSc1nc(C)cs1. The van der Waals surface area contributed by atoms with E-state index in [0.717, 1.165) is 28.8 Å². The van der Waals surface area contributed by atoms with Gasteiger partial charge in [0.2, 0.25) is 11.8 Å². The highest BCUT2D eigenvalue weighted by Crippen LogP contribution is 2.35. The smallest absolute Gasteiger partial charge is 0.233 e. The second-order valence-corrected chi connectivity index (χ2v) is 7.71. The first-order valence-corrected chi connectivity index (χ1v) is 9.67. The maximum Gasteiger partial charge on any atom is 0.233 e. The van der Waals surface area contributed by atoms with Gasteiger partial charge in [0, 0.05) is 23.5 Å². The van der Waals surface area contributed by atoms with E-state index in [1.807, 2.05) is 19.2 Å². The zero-order chi connectivity index (χ0) is 16.2. The first kappa shape index (κ1) is 16.4. The standard InChI is InChI=1S/C15H20N4O2S2/c1-3-19(13(20)9-23-15-16-10(2)8-22-15)7-12-17-14(21-18-12)11-5-4-6-11/h8,11H,3-7,9H2,1-2H3. The summed E-state index contributed by atoms with van der Waals surface area (Å²) in [6.07, 6.45) is 3.49. The Morgan fingerprint density at radius 3 is 2.91 bits per heavy atom. The van der Waals surface area contributed by atoms with Crippen molar-refractivity contribution < 1.29 is 9.32 Å². The summed E-state index contributed by atoms with van der Waals surface area (Å²) in [5.41, 5.74) is 0.993. The van der Waals surface area contributed by atoms with Crippen LogP contribution in [0.1, 0.15) is 49.5 Å². The monoisotopic (exact) mass is 352 g/mol. The van der Waals surface area contributed by atoms with Crippen molar-refractivity contribution in [2.45, 2.75) is 49.9 Å². The third-order valence-corrected chi connectivity index (χ3v) is 6.05. The number of amides is 1. The second-order valence-electron chi connectivity index (χ2n) is 5.63. The summed E-state index contributed by atoms with van der Waals surface area (Å²) in [6.45, 7) is 4.95. The summed E-state index contributed by atoms with van der Waals surface area (Å²) < 4.78 is 6.24. The molecule has 1 saturated carbocycles. The molecule has 0 atom stereocenters. The van der Waals surface area contributed by atoms with E-state index in [9.17, 15) is 4.79 Å². The topological polar surface area (TPSA) is 72.1 Å². The zero-order valence-electron chi connectivity index (χ0n) is 13.3. The molecule has 2 aromatic rings. The molecular weight excluding hydrogens is 332 g/mol. The molecule has 1 aliphatic carbocycles. The number of thioether (sulfide) groups is 1. The predicted octanol–water partition coefficient (Wildman–Crippen LogP) is 3.24. The van der Waals surface area contributed by atoms with Crippen LogP contribution >= 0.6 is 23.1 Å². The fourth-order valence-electron chi connectivity index (χ4n) is 2.31. The first-order chi connectivity index (χ1) is 11.2. The minimum absolute atomic E-state index is 0.0698. The Balaban J connectivity index is 1.53. The minimum atomic E-state index is 0.0698. The Hall–Kier alpha value is -1.41. The molecule has 1 aliphatic rings. The van der Waals surface area contributed by atoms with Gasteiger partial charge in [0.05, 0.1) is 12.3 Å². The molecule has 0 radical (unpaired) electrons. The van der Waals surface area contributed by atoms with Gasteiger partial charge in [0.25, 0.3) is 0 Å². The Kier molecular flexibility index (Phi) is 5.32. The van der Waals surface area contributed by atoms with Gasteiger partial charge in [0.15, 0.2) is 10.2 Å². The molecule has 0 aromatic carbocycles. The molecule has 1 fully saturated rings. The number of aryl methyl sites for hydroxylation is 1. The van der Waals surface area contributed by atoms with Crippen molar-refractivity contribution in [2.24, 2.45) is 0 Å². The van der Waals surface area contributed by atoms with Crippen LogP contribution in [0.2, 0.25) is 0 Å². The van der Waals surface area contributed by atoms with E-state index in [2.05, 4.69) is 15.1 Å². The number of carbonyl (C=O) groups excluding carboxylic acids is 1. The molecule has 1 amide bonds. The second kappa shape index (κ2) is 7.44. The highest BCUT2D eigenvalue weighted by molar-refractivity contribution is 8.01. The van der Waals surface area contributed by atoms with Crippen LogP contribution in [0.3, 0.4) is 0 Å². The quantitative estimate of drug-likeness (QED) is 0.712. The van der Waals surface area contributed by atoms with Crippen LogP contribution in [0, 0.1) is 6.92 Å². The molecule has 0 bridgehead atoms. The van der Waals surface area contributed by atoms with Gasteiger partial charge in [-0.2, -0.15) is 4.98 Å². The van der Waals surface area contributed by atoms with Crippen molar-refractivity contribution in [3.05, 3.63) is 22.8 Å². The third-order valence-electron chi connectivity index (χ3n) is 3.92. The minimum Gasteiger partial charge on any atom is -0.339 e. The van der Waals surface area contributed by atoms with Gasteiger partial charge < -0.3 is 9.42 Å². The third kappa shape index (κ3) is 4.11. The van der Waals surface area contributed by atoms with Crippen LogP contribution in [0.25, 0.3) is 0 Å². The predicted molar refractivity (Wildman–Crippen MR) is 89.6 cm³/mol. The van der Waals surface area contributed by atoms with Gasteiger partial charge in [-0.15, -0.1) is 11.3 Å². The molecule has 2 heterocycles. The summed E-state index contributed by atoms with van der Waals surface area (Å²) >= 11 is 3.05. The van der Waals surface area contributed by atoms with Crippen LogP contribution in [-0.2, 0) is 11.3 Å². The van der Waals surface area contributed by atoms with E-state index in [-0.39, 0.29) is 5.91 Å². The van der Waals surface area contributed by atoms with Crippen LogP contribution in [-0.4, -0.2) is 38.2 Å². The average Bonchev–Trinajstić information content (AvgIpc) is 3.10. The maximum atomic E-state index is 12.4. The van der Waals surface area contributed by atoms with Gasteiger partial charge in [0.1, 0.15) is 0 Å². The van der Waals surface area contributed by atoms with Crippen LogP contribution in [0.5, 0.6) is 0 Å². The molecule has 0 spiro atoms. The molecule has 2 aromatic heterocycles. The Bertz CT molecular complexity index is 666. The number of carbonyl (C=O) groups is 1. The fraction of sp³-hybridized carbons (Fsp3) is 0.600. The lowest BCUT2D eigenvalue weighted by atomic mass is 9.85. The van der Waals surface area contributed by atoms with Gasteiger partial charge in [-0.1, -0.05) is 23.3 Å². The average molecular weight is 352 g/mol. The van der Waals surface area contributed by atoms with E-state index >= 15 is 0 Å². The lowest BCUT2D eigenvalue weighted by molar-refractivity contribution is -0.128. The molecule has 124 valence electrons. The molecular formula is C15H20N4O2S2. The van der Waals surface area contributed by atoms with Gasteiger partial charge >= 0.3 is 0 Å². The van der Waals surface area contributed by atoms with Crippen LogP contribution < -0.4 is 0 Å². The lowest BCUT2D eigenvalue weighted by Crippen LogP contribution is -2.32. The molecule has 6 nitrogen and oxygen atoms in total. The molecule has 0 aliphatic heterocycles. The first-order valence-electron chi connectivity index (χ1n) is 7.81. The summed E-state index contributed by atoms with van der Waals surface area (Å²) in [5, 5.41) is 6.01. The van der Waals surface area contributed by atoms with Crippen LogP contribution in [0.4, 0.5) is 0 Å². The number of hydrogen-bond acceptors (Lipinski definition) is 7. The Labute approximate surface area is 143 Å². The van der Waals surface area contributed by atoms with Crippen molar-refractivity contribution in [3.8, 4) is 0 Å². The Morgan fingerprint density at radius 1 is 1.48 bits per heavy atom. The van der Waals surface area contributed by atoms with Gasteiger partial charge in [-0.05, 0) is 26.7 Å². The van der Waals surface area contributed by atoms with Gasteiger partial charge in [-0.25, -0.2) is 4.98 Å². The van der Waals surface area contributed by atoms with Crippen molar-refractivity contribution in [1.82, 2.24) is 20.0 Å². The van der Waals surface area contributed by atoms with Crippen molar-refractivity contribution in [1.29, 1.82) is 0 Å². The van der Waals surface area contributed by atoms with E-state index in [0.29, 0.717) is 30.6 Å². The summed E-state index contributed by atoms with van der Waals surface area (Å²) in [4.78, 5) is 22.9. The largest absolute Gasteiger partial charge is 0.339 e. The summed E-state index contributed by atoms with van der Waals surface area (Å²) in [6, 6.07) is 0. The Morgan fingerprint density at radius 2 is 2.30 bits per heavy atom. The number of rotatable bonds is 7. The summed E-state index contributed by atoms with van der Waals surface area (Å²) in [5.74, 6) is 2.19. The molecule has 0 unspecified atom stereocenters. The van der Waals surface area contributed by atoms with Crippen LogP contribution in [0.15, 0.2) is 14.2 Å². The number of thiazole rings is 1. The zero-order valence-corrected chi connectivity index (χ0v) is 15.0. The highest BCUT2D eigenvalue weighted by Gasteiger charge is 2.26. The van der Waals surface area contributed by atoms with Crippen molar-refractivity contribution >= 4 is 29.0 Å². The molecule has 0 N–H and O–H groups in total. The molecule has 0 saturated heterocycles. The van der Waals surface area contributed by atoms with Crippen molar-refractivity contribution in [3.63, 3.8) is 0 Å². The van der Waals surface area contributed by atoms with Gasteiger partial charge in [-0.3, -0.25) is 4.79 Å². The summed E-state index contributed by atoms with van der Waals surface area (Å²) in [7, 11) is 0. The van der Waals surface area contributed by atoms with E-state index in [1.54, 1.807) is 16.2 Å². The molecule has 3 rings (SSSR count). The normalized spacial score (nSPS) is 14.7. The number of hydrogen-bond donors (Lipinski definition) is 0. The lowest BCUT2D eigenvalue weighted by Gasteiger charge is -2.20. The highest BCUT2D eigenvalue weighted by atomic mass is 32.2. The molecule has 8 heteroatoms. The number of aromatic nitrogens is 3. The maximum absolute atomic E-state index is 12.4. The van der Waals surface area contributed by atoms with E-state index in [1.165, 1.54) is 18.2 Å². The molecule has 23 heavy (non-hydrogen) atoms. The van der Waals surface area contributed by atoms with Crippen molar-refractivity contribution in [2.75, 3.05) is 12.3 Å².